The molecule has 3 N–H and O–H groups in total. The number of anilines is 2. The molecule has 98 valence electrons. The van der Waals surface area contributed by atoms with Crippen LogP contribution in [0.1, 0.15) is 9.67 Å². The molecule has 19 heavy (non-hydrogen) atoms. The van der Waals surface area contributed by atoms with Crippen LogP contribution in [0.5, 0.6) is 0 Å². The van der Waals surface area contributed by atoms with Crippen LogP contribution in [-0.2, 0) is 0 Å². The average Bonchev–Trinajstić information content (AvgIpc) is 2.80. The highest BCUT2D eigenvalue weighted by Crippen LogP contribution is 2.22. The number of urea groups is 1. The molecule has 0 saturated carbocycles. The SMILES string of the molecule is O=C(Nc1ccccc1F)Nc1ccsc1C(=O)O. The Hall–Kier alpha value is -2.41. The number of nitrogens with one attached hydrogen (secondary N) is 2. The molecule has 0 aliphatic heterocycles. The number of thiophene rings is 1. The van der Waals surface area contributed by atoms with Crippen LogP contribution < -0.4 is 10.6 Å². The van der Waals surface area contributed by atoms with Crippen molar-refractivity contribution in [3.05, 3.63) is 46.4 Å². The van der Waals surface area contributed by atoms with Crippen molar-refractivity contribution in [3.8, 4) is 0 Å². The molecule has 5 nitrogen and oxygen atoms in total. The summed E-state index contributed by atoms with van der Waals surface area (Å²) in [5, 5.41) is 15.1. The Bertz CT molecular complexity index is 627. The summed E-state index contributed by atoms with van der Waals surface area (Å²) in [6.07, 6.45) is 0. The van der Waals surface area contributed by atoms with Crippen molar-refractivity contribution < 1.29 is 19.1 Å². The maximum Gasteiger partial charge on any atom is 0.348 e. The summed E-state index contributed by atoms with van der Waals surface area (Å²) in [6.45, 7) is 0. The Morgan fingerprint density at radius 1 is 1.11 bits per heavy atom. The molecule has 0 spiro atoms. The van der Waals surface area contributed by atoms with Crippen LogP contribution in [-0.4, -0.2) is 17.1 Å². The first-order valence-electron chi connectivity index (χ1n) is 5.21. The lowest BCUT2D eigenvalue weighted by Crippen LogP contribution is -2.20. The van der Waals surface area contributed by atoms with E-state index in [0.717, 1.165) is 11.3 Å². The van der Waals surface area contributed by atoms with E-state index in [2.05, 4.69) is 10.6 Å². The van der Waals surface area contributed by atoms with Gasteiger partial charge in [0.15, 0.2) is 0 Å². The van der Waals surface area contributed by atoms with Gasteiger partial charge in [-0.15, -0.1) is 11.3 Å². The van der Waals surface area contributed by atoms with Crippen molar-refractivity contribution in [2.45, 2.75) is 0 Å². The second kappa shape index (κ2) is 5.49. The topological polar surface area (TPSA) is 78.4 Å². The van der Waals surface area contributed by atoms with E-state index in [1.807, 2.05) is 0 Å². The van der Waals surface area contributed by atoms with Crippen molar-refractivity contribution in [1.29, 1.82) is 0 Å². The lowest BCUT2D eigenvalue weighted by atomic mass is 10.3. The van der Waals surface area contributed by atoms with Crippen molar-refractivity contribution in [2.24, 2.45) is 0 Å². The van der Waals surface area contributed by atoms with E-state index < -0.39 is 17.8 Å². The molecule has 0 fully saturated rings. The first kappa shape index (κ1) is 13.0. The molecule has 1 heterocycles. The minimum atomic E-state index is -1.13. The molecule has 2 rings (SSSR count). The zero-order chi connectivity index (χ0) is 13.8. The number of carbonyl (C=O) groups excluding carboxylic acids is 1. The van der Waals surface area contributed by atoms with Gasteiger partial charge < -0.3 is 15.7 Å². The summed E-state index contributed by atoms with van der Waals surface area (Å²) in [4.78, 5) is 22.5. The van der Waals surface area contributed by atoms with Crippen LogP contribution in [0.2, 0.25) is 0 Å². The van der Waals surface area contributed by atoms with Crippen LogP contribution >= 0.6 is 11.3 Å². The zero-order valence-corrected chi connectivity index (χ0v) is 10.3. The zero-order valence-electron chi connectivity index (χ0n) is 9.51. The van der Waals surface area contributed by atoms with Crippen LogP contribution in [0.3, 0.4) is 0 Å². The number of para-hydroxylation sites is 1. The van der Waals surface area contributed by atoms with Gasteiger partial charge in [0.05, 0.1) is 11.4 Å². The third-order valence-corrected chi connectivity index (χ3v) is 3.13. The van der Waals surface area contributed by atoms with Gasteiger partial charge in [-0.2, -0.15) is 0 Å². The Labute approximate surface area is 111 Å². The molecular formula is C12H9FN2O3S. The highest BCUT2D eigenvalue weighted by Gasteiger charge is 2.14. The van der Waals surface area contributed by atoms with Gasteiger partial charge in [-0.05, 0) is 23.6 Å². The van der Waals surface area contributed by atoms with Crippen molar-refractivity contribution >= 4 is 34.7 Å². The molecule has 1 aromatic carbocycles. The van der Waals surface area contributed by atoms with Crippen LogP contribution in [0.25, 0.3) is 0 Å². The highest BCUT2D eigenvalue weighted by atomic mass is 32.1. The number of amides is 2. The lowest BCUT2D eigenvalue weighted by molar-refractivity contribution is 0.0703. The maximum atomic E-state index is 13.3. The molecule has 2 amide bonds. The predicted molar refractivity (Wildman–Crippen MR) is 70.3 cm³/mol. The standard InChI is InChI=1S/C12H9FN2O3S/c13-7-3-1-2-4-8(7)14-12(18)15-9-5-6-19-10(9)11(16)17/h1-6H,(H,16,17)(H2,14,15,18). The summed E-state index contributed by atoms with van der Waals surface area (Å²) in [5.74, 6) is -1.70. The molecule has 7 heteroatoms. The Kier molecular flexibility index (Phi) is 3.76. The van der Waals surface area contributed by atoms with Gasteiger partial charge in [-0.1, -0.05) is 12.1 Å². The Morgan fingerprint density at radius 2 is 1.79 bits per heavy atom. The molecule has 0 bridgehead atoms. The van der Waals surface area contributed by atoms with Gasteiger partial charge >= 0.3 is 12.0 Å². The fourth-order valence-corrected chi connectivity index (χ4v) is 2.10. The van der Waals surface area contributed by atoms with Crippen molar-refractivity contribution in [2.75, 3.05) is 10.6 Å². The predicted octanol–water partition coefficient (Wildman–Crippen LogP) is 3.23. The minimum absolute atomic E-state index is 0.0173. The maximum absolute atomic E-state index is 13.3. The number of carboxylic acids is 1. The summed E-state index contributed by atoms with van der Waals surface area (Å²) in [7, 11) is 0. The number of benzene rings is 1. The molecule has 1 aromatic heterocycles. The van der Waals surface area contributed by atoms with Crippen molar-refractivity contribution in [1.82, 2.24) is 0 Å². The van der Waals surface area contributed by atoms with E-state index in [-0.39, 0.29) is 16.3 Å². The smallest absolute Gasteiger partial charge is 0.348 e. The Morgan fingerprint density at radius 3 is 2.47 bits per heavy atom. The van der Waals surface area contributed by atoms with Crippen LogP contribution in [0, 0.1) is 5.82 Å². The summed E-state index contributed by atoms with van der Waals surface area (Å²) < 4.78 is 13.3. The van der Waals surface area contributed by atoms with Gasteiger partial charge in [0.1, 0.15) is 10.7 Å². The molecule has 0 aliphatic carbocycles. The van der Waals surface area contributed by atoms with E-state index in [9.17, 15) is 14.0 Å². The number of halogens is 1. The Balaban J connectivity index is 2.08. The second-order valence-electron chi connectivity index (χ2n) is 3.53. The quantitative estimate of drug-likeness (QED) is 0.807. The lowest BCUT2D eigenvalue weighted by Gasteiger charge is -2.07. The summed E-state index contributed by atoms with van der Waals surface area (Å²) >= 11 is 0.993. The number of hydrogen-bond acceptors (Lipinski definition) is 3. The van der Waals surface area contributed by atoms with Crippen molar-refractivity contribution in [3.63, 3.8) is 0 Å². The van der Waals surface area contributed by atoms with Gasteiger partial charge in [0.25, 0.3) is 0 Å². The third kappa shape index (κ3) is 3.08. The summed E-state index contributed by atoms with van der Waals surface area (Å²) in [6, 6.07) is 6.45. The molecule has 0 radical (unpaired) electrons. The largest absolute Gasteiger partial charge is 0.477 e. The summed E-state index contributed by atoms with van der Waals surface area (Å²) in [5.41, 5.74) is 0.193. The molecular weight excluding hydrogens is 271 g/mol. The van der Waals surface area contributed by atoms with E-state index >= 15 is 0 Å². The van der Waals surface area contributed by atoms with Gasteiger partial charge in [0, 0.05) is 0 Å². The van der Waals surface area contributed by atoms with Gasteiger partial charge in [-0.3, -0.25) is 0 Å². The van der Waals surface area contributed by atoms with E-state index in [1.165, 1.54) is 24.3 Å². The first-order valence-corrected chi connectivity index (χ1v) is 6.09. The second-order valence-corrected chi connectivity index (χ2v) is 4.44. The number of carboxylic acid groups (broad SMARTS) is 1. The fourth-order valence-electron chi connectivity index (χ4n) is 1.41. The normalized spacial score (nSPS) is 9.95. The fraction of sp³-hybridized carbons (Fsp3) is 0. The monoisotopic (exact) mass is 280 g/mol. The van der Waals surface area contributed by atoms with Gasteiger partial charge in [0.2, 0.25) is 0 Å². The third-order valence-electron chi connectivity index (χ3n) is 2.23. The van der Waals surface area contributed by atoms with E-state index in [4.69, 9.17) is 5.11 Å². The van der Waals surface area contributed by atoms with E-state index in [0.29, 0.717) is 0 Å². The number of aromatic carboxylic acids is 1. The molecule has 2 aromatic rings. The minimum Gasteiger partial charge on any atom is -0.477 e. The van der Waals surface area contributed by atoms with E-state index in [1.54, 1.807) is 11.4 Å². The molecule has 0 unspecified atom stereocenters. The number of rotatable bonds is 3. The average molecular weight is 280 g/mol. The molecule has 0 atom stereocenters. The van der Waals surface area contributed by atoms with Crippen LogP contribution in [0.4, 0.5) is 20.6 Å². The van der Waals surface area contributed by atoms with Crippen LogP contribution in [0.15, 0.2) is 35.7 Å². The highest BCUT2D eigenvalue weighted by molar-refractivity contribution is 7.12. The molecule has 0 saturated heterocycles. The number of hydrogen-bond donors (Lipinski definition) is 3. The first-order chi connectivity index (χ1) is 9.08. The number of carbonyl (C=O) groups is 2. The molecule has 0 aliphatic rings. The van der Waals surface area contributed by atoms with Gasteiger partial charge in [-0.25, -0.2) is 14.0 Å².